The van der Waals surface area contributed by atoms with Crippen molar-refractivity contribution in [1.82, 2.24) is 0 Å². The molecule has 0 radical (unpaired) electrons. The fourth-order valence-corrected chi connectivity index (χ4v) is 2.95. The van der Waals surface area contributed by atoms with Crippen molar-refractivity contribution >= 4 is 22.1 Å². The summed E-state index contributed by atoms with van der Waals surface area (Å²) in [5, 5.41) is -2.93. The van der Waals surface area contributed by atoms with E-state index in [1.807, 2.05) is 0 Å². The van der Waals surface area contributed by atoms with E-state index in [1.54, 1.807) is 0 Å². The maximum Gasteiger partial charge on any atom is 0.459 e. The highest BCUT2D eigenvalue weighted by Crippen LogP contribution is 2.49. The van der Waals surface area contributed by atoms with Crippen LogP contribution in [0.2, 0.25) is 0 Å². The molecule has 1 atom stereocenters. The molecule has 0 aliphatic rings. The van der Waals surface area contributed by atoms with Crippen LogP contribution in [-0.4, -0.2) is 79.4 Å². The Balaban J connectivity index is 4.93. The Hall–Kier alpha value is -2.13. The van der Waals surface area contributed by atoms with Crippen molar-refractivity contribution in [3.8, 4) is 0 Å². The van der Waals surface area contributed by atoms with Gasteiger partial charge < -0.3 is 9.47 Å². The van der Waals surface area contributed by atoms with Gasteiger partial charge in [0.1, 0.15) is 0 Å². The number of esters is 2. The molecule has 7 nitrogen and oxygen atoms in total. The number of alkyl halides is 14. The third-order valence-electron chi connectivity index (χ3n) is 4.38. The molecule has 0 aromatic rings. The van der Waals surface area contributed by atoms with Crippen molar-refractivity contribution in [2.24, 2.45) is 0 Å². The van der Waals surface area contributed by atoms with Crippen LogP contribution in [0.5, 0.6) is 0 Å². The van der Waals surface area contributed by atoms with E-state index in [2.05, 4.69) is 9.47 Å². The Kier molecular flexibility index (Phi) is 11.3. The molecule has 22 heteroatoms. The Labute approximate surface area is 203 Å². The molecule has 38 heavy (non-hydrogen) atoms. The Bertz CT molecular complexity index is 928. The summed E-state index contributed by atoms with van der Waals surface area (Å²) < 4.78 is 215. The van der Waals surface area contributed by atoms with E-state index in [4.69, 9.17) is 4.55 Å². The minimum atomic E-state index is -6.65. The average molecular weight is 618 g/mol. The van der Waals surface area contributed by atoms with Crippen molar-refractivity contribution in [3.63, 3.8) is 0 Å². The quantitative estimate of drug-likeness (QED) is 0.127. The number of rotatable bonds is 14. The van der Waals surface area contributed by atoms with Crippen LogP contribution in [0.15, 0.2) is 0 Å². The predicted molar refractivity (Wildman–Crippen MR) is 92.2 cm³/mol. The predicted octanol–water partition coefficient (Wildman–Crippen LogP) is 4.95. The molecule has 1 N–H and O–H groups in total. The standard InChI is InChI=1S/C16H16F14O7S/c17-11(18,13(21,22)15(25,26)27)3-1-5-36-9(31)7-8(38(33,34)35)10(32)37-6-2-4-12(19,20)14(23,24)16(28,29)30/h8H,1-7H2,(H,33,34,35). The molecule has 0 heterocycles. The number of hydrogen-bond donors (Lipinski definition) is 1. The van der Waals surface area contributed by atoms with Crippen LogP contribution in [-0.2, 0) is 29.2 Å². The third kappa shape index (κ3) is 8.97. The van der Waals surface area contributed by atoms with Crippen molar-refractivity contribution in [3.05, 3.63) is 0 Å². The minimum absolute atomic E-state index is 1.32. The van der Waals surface area contributed by atoms with Crippen LogP contribution in [0.4, 0.5) is 61.5 Å². The molecule has 0 aliphatic carbocycles. The molecule has 0 rings (SSSR count). The fourth-order valence-electron chi connectivity index (χ4n) is 2.29. The molecule has 1 unspecified atom stereocenters. The molecular weight excluding hydrogens is 602 g/mol. The molecule has 0 fully saturated rings. The lowest BCUT2D eigenvalue weighted by atomic mass is 10.1. The van der Waals surface area contributed by atoms with E-state index in [9.17, 15) is 79.5 Å². The number of ether oxygens (including phenoxy) is 2. The topological polar surface area (TPSA) is 107 Å². The Morgan fingerprint density at radius 2 is 1.00 bits per heavy atom. The smallest absolute Gasteiger partial charge is 0.459 e. The normalized spacial score (nSPS) is 15.2. The fraction of sp³-hybridized carbons (Fsp3) is 0.875. The molecule has 0 saturated heterocycles. The van der Waals surface area contributed by atoms with Gasteiger partial charge in [-0.3, -0.25) is 14.1 Å². The van der Waals surface area contributed by atoms with Crippen molar-refractivity contribution in [2.45, 2.75) is 73.4 Å². The summed E-state index contributed by atoms with van der Waals surface area (Å²) in [6, 6.07) is 0. The van der Waals surface area contributed by atoms with E-state index >= 15 is 0 Å². The van der Waals surface area contributed by atoms with Crippen LogP contribution in [0.25, 0.3) is 0 Å². The summed E-state index contributed by atoms with van der Waals surface area (Å²) in [6.07, 6.45) is -22.2. The van der Waals surface area contributed by atoms with Crippen molar-refractivity contribution in [1.29, 1.82) is 0 Å². The highest BCUT2D eigenvalue weighted by molar-refractivity contribution is 7.87. The van der Waals surface area contributed by atoms with Gasteiger partial charge in [0.25, 0.3) is 10.1 Å². The lowest BCUT2D eigenvalue weighted by Gasteiger charge is -2.28. The van der Waals surface area contributed by atoms with Gasteiger partial charge in [0.2, 0.25) is 0 Å². The van der Waals surface area contributed by atoms with Gasteiger partial charge in [0.15, 0.2) is 5.25 Å². The van der Waals surface area contributed by atoms with Gasteiger partial charge in [0.05, 0.1) is 19.6 Å². The molecule has 0 aliphatic heterocycles. The summed E-state index contributed by atoms with van der Waals surface area (Å²) in [5.41, 5.74) is 0. The largest absolute Gasteiger partial charge is 0.466 e. The summed E-state index contributed by atoms with van der Waals surface area (Å²) in [6.45, 7) is -2.75. The van der Waals surface area contributed by atoms with Crippen LogP contribution >= 0.6 is 0 Å². The first-order valence-corrected chi connectivity index (χ1v) is 11.1. The highest BCUT2D eigenvalue weighted by atomic mass is 32.2. The highest BCUT2D eigenvalue weighted by Gasteiger charge is 2.73. The summed E-state index contributed by atoms with van der Waals surface area (Å²) in [7, 11) is -5.59. The SMILES string of the molecule is O=C(CC(C(=O)OCCCC(F)(F)C(F)(F)C(F)(F)F)S(=O)(=O)O)OCCCC(F)(F)C(F)(F)C(F)(F)F. The van der Waals surface area contributed by atoms with E-state index < -0.39 is 109 Å². The Morgan fingerprint density at radius 1 is 0.658 bits per heavy atom. The van der Waals surface area contributed by atoms with Gasteiger partial charge in [-0.1, -0.05) is 0 Å². The van der Waals surface area contributed by atoms with Crippen molar-refractivity contribution < 1.29 is 93.5 Å². The second kappa shape index (κ2) is 11.9. The van der Waals surface area contributed by atoms with E-state index in [1.165, 1.54) is 0 Å². The molecule has 226 valence electrons. The first kappa shape index (κ1) is 35.9. The molecule has 0 aromatic carbocycles. The van der Waals surface area contributed by atoms with E-state index in [0.717, 1.165) is 0 Å². The molecule has 0 saturated carbocycles. The zero-order chi connectivity index (χ0) is 30.6. The van der Waals surface area contributed by atoms with E-state index in [-0.39, 0.29) is 0 Å². The van der Waals surface area contributed by atoms with Crippen LogP contribution in [0.1, 0.15) is 32.1 Å². The second-order valence-electron chi connectivity index (χ2n) is 7.36. The van der Waals surface area contributed by atoms with Crippen molar-refractivity contribution in [2.75, 3.05) is 13.2 Å². The summed E-state index contributed by atoms with van der Waals surface area (Å²) in [5.74, 6) is -28.3. The maximum absolute atomic E-state index is 13.1. The lowest BCUT2D eigenvalue weighted by molar-refractivity contribution is -0.356. The molecule has 0 aromatic heterocycles. The first-order chi connectivity index (χ1) is 16.6. The second-order valence-corrected chi connectivity index (χ2v) is 8.95. The third-order valence-corrected chi connectivity index (χ3v) is 5.46. The minimum Gasteiger partial charge on any atom is -0.466 e. The zero-order valence-electron chi connectivity index (χ0n) is 18.1. The zero-order valence-corrected chi connectivity index (χ0v) is 18.9. The molecular formula is C16H16F14O7S. The van der Waals surface area contributed by atoms with Gasteiger partial charge in [-0.15, -0.1) is 0 Å². The number of carbonyl (C=O) groups excluding carboxylic acids is 2. The summed E-state index contributed by atoms with van der Waals surface area (Å²) >= 11 is 0. The Morgan fingerprint density at radius 3 is 1.32 bits per heavy atom. The van der Waals surface area contributed by atoms with E-state index in [0.29, 0.717) is 0 Å². The molecule has 0 amide bonds. The van der Waals surface area contributed by atoms with Gasteiger partial charge in [-0.2, -0.15) is 69.9 Å². The number of halogens is 14. The average Bonchev–Trinajstić information content (AvgIpc) is 2.69. The van der Waals surface area contributed by atoms with Crippen LogP contribution in [0, 0.1) is 0 Å². The maximum atomic E-state index is 13.1. The van der Waals surface area contributed by atoms with Crippen LogP contribution in [0.3, 0.4) is 0 Å². The van der Waals surface area contributed by atoms with Gasteiger partial charge in [-0.05, 0) is 12.8 Å². The number of hydrogen-bond acceptors (Lipinski definition) is 6. The lowest BCUT2D eigenvalue weighted by Crippen LogP contribution is -2.51. The number of carbonyl (C=O) groups is 2. The van der Waals surface area contributed by atoms with Gasteiger partial charge in [0, 0.05) is 12.8 Å². The summed E-state index contributed by atoms with van der Waals surface area (Å²) in [4.78, 5) is 23.2. The van der Waals surface area contributed by atoms with Gasteiger partial charge in [-0.25, -0.2) is 0 Å². The molecule has 0 bridgehead atoms. The first-order valence-electron chi connectivity index (χ1n) is 9.55. The van der Waals surface area contributed by atoms with Gasteiger partial charge >= 0.3 is 48.0 Å². The van der Waals surface area contributed by atoms with Crippen LogP contribution < -0.4 is 0 Å². The molecule has 0 spiro atoms. The monoisotopic (exact) mass is 618 g/mol.